The van der Waals surface area contributed by atoms with Crippen molar-refractivity contribution in [3.8, 4) is 0 Å². The van der Waals surface area contributed by atoms with E-state index in [-0.39, 0.29) is 11.8 Å². The zero-order valence-corrected chi connectivity index (χ0v) is 19.8. The van der Waals surface area contributed by atoms with Crippen LogP contribution in [0.3, 0.4) is 0 Å². The van der Waals surface area contributed by atoms with Crippen LogP contribution in [0.5, 0.6) is 0 Å². The summed E-state index contributed by atoms with van der Waals surface area (Å²) < 4.78 is 0. The first-order valence-electron chi connectivity index (χ1n) is 12.3. The summed E-state index contributed by atoms with van der Waals surface area (Å²) in [5.41, 5.74) is 2.03. The molecule has 1 spiro atoms. The van der Waals surface area contributed by atoms with Gasteiger partial charge in [0.2, 0.25) is 11.8 Å². The van der Waals surface area contributed by atoms with Gasteiger partial charge in [-0.3, -0.25) is 14.9 Å². The van der Waals surface area contributed by atoms with E-state index in [0.717, 1.165) is 16.7 Å². The van der Waals surface area contributed by atoms with Crippen LogP contribution in [0.15, 0.2) is 97.1 Å². The maximum Gasteiger partial charge on any atom is 0.246 e. The second-order valence-corrected chi connectivity index (χ2v) is 9.64. The van der Waals surface area contributed by atoms with Crippen molar-refractivity contribution in [2.45, 2.75) is 36.9 Å². The van der Waals surface area contributed by atoms with Gasteiger partial charge in [-0.2, -0.15) is 0 Å². The Morgan fingerprint density at radius 3 is 1.86 bits per heavy atom. The molecule has 3 aromatic carbocycles. The number of piperidine rings is 1. The number of carbonyl (C=O) groups is 2. The lowest BCUT2D eigenvalue weighted by Crippen LogP contribution is -2.60. The van der Waals surface area contributed by atoms with Crippen LogP contribution in [0.1, 0.15) is 29.5 Å². The molecule has 0 atom stereocenters. The minimum atomic E-state index is -0.734. The first-order chi connectivity index (χ1) is 17.1. The molecule has 35 heavy (non-hydrogen) atoms. The second kappa shape index (κ2) is 9.88. The SMILES string of the molecule is O=C(C=Cc1ccccc1)N1CCC2(CC1)NC(=O)C(Cc1ccccc1)(Cc1ccccc1)N2. The predicted octanol–water partition coefficient (Wildman–Crippen LogP) is 3.96. The van der Waals surface area contributed by atoms with Gasteiger partial charge in [-0.1, -0.05) is 91.0 Å². The lowest BCUT2D eigenvalue weighted by Gasteiger charge is -2.40. The van der Waals surface area contributed by atoms with Crippen molar-refractivity contribution in [3.05, 3.63) is 114 Å². The summed E-state index contributed by atoms with van der Waals surface area (Å²) in [6.45, 7) is 1.19. The Morgan fingerprint density at radius 1 is 0.800 bits per heavy atom. The van der Waals surface area contributed by atoms with E-state index in [1.165, 1.54) is 0 Å². The van der Waals surface area contributed by atoms with Crippen molar-refractivity contribution in [3.63, 3.8) is 0 Å². The monoisotopic (exact) mass is 465 g/mol. The zero-order chi connectivity index (χ0) is 24.1. The number of carbonyl (C=O) groups excluding carboxylic acids is 2. The van der Waals surface area contributed by atoms with E-state index in [2.05, 4.69) is 34.9 Å². The van der Waals surface area contributed by atoms with E-state index in [0.29, 0.717) is 38.8 Å². The molecule has 0 bridgehead atoms. The standard InChI is InChI=1S/C30H31N3O2/c34-27(17-16-24-10-4-1-5-11-24)33-20-18-30(19-21-33)31-28(35)29(32-30,22-25-12-6-2-7-13-25)23-26-14-8-3-9-15-26/h1-17,32H,18-23H2,(H,31,35). The first-order valence-corrected chi connectivity index (χ1v) is 12.3. The van der Waals surface area contributed by atoms with Gasteiger partial charge in [0.25, 0.3) is 0 Å². The number of hydrogen-bond donors (Lipinski definition) is 2. The molecular weight excluding hydrogens is 434 g/mol. The zero-order valence-electron chi connectivity index (χ0n) is 19.8. The second-order valence-electron chi connectivity index (χ2n) is 9.64. The Labute approximate surface area is 206 Å². The van der Waals surface area contributed by atoms with Crippen molar-refractivity contribution in [1.29, 1.82) is 0 Å². The summed E-state index contributed by atoms with van der Waals surface area (Å²) in [5, 5.41) is 7.08. The predicted molar refractivity (Wildman–Crippen MR) is 138 cm³/mol. The number of nitrogens with one attached hydrogen (secondary N) is 2. The fourth-order valence-corrected chi connectivity index (χ4v) is 5.28. The smallest absolute Gasteiger partial charge is 0.246 e. The highest BCUT2D eigenvalue weighted by Crippen LogP contribution is 2.33. The number of benzene rings is 3. The lowest BCUT2D eigenvalue weighted by atomic mass is 9.84. The third-order valence-electron chi connectivity index (χ3n) is 7.11. The minimum absolute atomic E-state index is 0.00728. The van der Waals surface area contributed by atoms with Crippen molar-refractivity contribution in [2.24, 2.45) is 0 Å². The number of nitrogens with zero attached hydrogens (tertiary/aromatic N) is 1. The summed E-state index contributed by atoms with van der Waals surface area (Å²) in [5.74, 6) is 0.0433. The van der Waals surface area contributed by atoms with E-state index in [1.54, 1.807) is 6.08 Å². The van der Waals surface area contributed by atoms with Crippen LogP contribution in [-0.4, -0.2) is 41.0 Å². The largest absolute Gasteiger partial charge is 0.339 e. The molecule has 2 N–H and O–H groups in total. The van der Waals surface area contributed by atoms with Crippen LogP contribution in [0.4, 0.5) is 0 Å². The van der Waals surface area contributed by atoms with Crippen LogP contribution in [0, 0.1) is 0 Å². The molecule has 2 aliphatic heterocycles. The van der Waals surface area contributed by atoms with Gasteiger partial charge in [-0.15, -0.1) is 0 Å². The van der Waals surface area contributed by atoms with E-state index >= 15 is 0 Å². The van der Waals surface area contributed by atoms with E-state index in [1.807, 2.05) is 77.7 Å². The van der Waals surface area contributed by atoms with E-state index in [4.69, 9.17) is 0 Å². The van der Waals surface area contributed by atoms with Gasteiger partial charge in [-0.25, -0.2) is 0 Å². The molecule has 3 aromatic rings. The Hall–Kier alpha value is -3.70. The summed E-state index contributed by atoms with van der Waals surface area (Å²) in [4.78, 5) is 28.2. The van der Waals surface area contributed by atoms with Crippen LogP contribution in [0.2, 0.25) is 0 Å². The summed E-state index contributed by atoms with van der Waals surface area (Å²) in [6.07, 6.45) is 6.07. The molecule has 5 rings (SSSR count). The quantitative estimate of drug-likeness (QED) is 0.542. The van der Waals surface area contributed by atoms with Crippen LogP contribution < -0.4 is 10.6 Å². The molecule has 0 unspecified atom stereocenters. The molecule has 2 fully saturated rings. The Bertz CT molecular complexity index is 1140. The van der Waals surface area contributed by atoms with Gasteiger partial charge in [0.05, 0.1) is 5.66 Å². The Kier molecular flexibility index (Phi) is 6.51. The molecule has 2 heterocycles. The third-order valence-corrected chi connectivity index (χ3v) is 7.11. The highest BCUT2D eigenvalue weighted by Gasteiger charge is 2.54. The first kappa shape index (κ1) is 23.1. The van der Waals surface area contributed by atoms with Crippen LogP contribution in [0.25, 0.3) is 6.08 Å². The normalized spacial score (nSPS) is 18.6. The molecule has 0 radical (unpaired) electrons. The number of amides is 2. The molecule has 0 saturated carbocycles. The maximum absolute atomic E-state index is 13.6. The molecule has 2 amide bonds. The molecule has 5 nitrogen and oxygen atoms in total. The summed E-state index contributed by atoms with van der Waals surface area (Å²) in [7, 11) is 0. The van der Waals surface area contributed by atoms with Crippen molar-refractivity contribution in [1.82, 2.24) is 15.5 Å². The van der Waals surface area contributed by atoms with Gasteiger partial charge in [0.15, 0.2) is 0 Å². The number of likely N-dealkylation sites (tertiary alicyclic amines) is 1. The van der Waals surface area contributed by atoms with Gasteiger partial charge in [-0.05, 0) is 35.6 Å². The van der Waals surface area contributed by atoms with Gasteiger partial charge < -0.3 is 10.2 Å². The van der Waals surface area contributed by atoms with Crippen LogP contribution in [-0.2, 0) is 22.4 Å². The highest BCUT2D eigenvalue weighted by atomic mass is 16.2. The van der Waals surface area contributed by atoms with E-state index in [9.17, 15) is 9.59 Å². The molecule has 5 heteroatoms. The Morgan fingerprint density at radius 2 is 1.31 bits per heavy atom. The van der Waals surface area contributed by atoms with Crippen molar-refractivity contribution < 1.29 is 9.59 Å². The van der Waals surface area contributed by atoms with Gasteiger partial charge in [0, 0.05) is 32.0 Å². The average molecular weight is 466 g/mol. The average Bonchev–Trinajstić information content (AvgIpc) is 3.14. The maximum atomic E-state index is 13.6. The third kappa shape index (κ3) is 5.20. The summed E-state index contributed by atoms with van der Waals surface area (Å²) in [6, 6.07) is 30.2. The topological polar surface area (TPSA) is 61.4 Å². The molecular formula is C30H31N3O2. The molecule has 178 valence electrons. The lowest BCUT2D eigenvalue weighted by molar-refractivity contribution is -0.127. The molecule has 2 saturated heterocycles. The Balaban J connectivity index is 1.31. The fraction of sp³-hybridized carbons (Fsp3) is 0.267. The van der Waals surface area contributed by atoms with Crippen LogP contribution >= 0.6 is 0 Å². The molecule has 2 aliphatic rings. The molecule has 0 aliphatic carbocycles. The minimum Gasteiger partial charge on any atom is -0.339 e. The molecule has 0 aromatic heterocycles. The van der Waals surface area contributed by atoms with Crippen molar-refractivity contribution in [2.75, 3.05) is 13.1 Å². The van der Waals surface area contributed by atoms with Gasteiger partial charge >= 0.3 is 0 Å². The van der Waals surface area contributed by atoms with E-state index < -0.39 is 11.2 Å². The summed E-state index contributed by atoms with van der Waals surface area (Å²) >= 11 is 0. The van der Waals surface area contributed by atoms with Gasteiger partial charge in [0.1, 0.15) is 5.54 Å². The highest BCUT2D eigenvalue weighted by molar-refractivity contribution is 5.92. The number of rotatable bonds is 6. The van der Waals surface area contributed by atoms with Crippen molar-refractivity contribution >= 4 is 17.9 Å². The fourth-order valence-electron chi connectivity index (χ4n) is 5.28. The number of hydrogen-bond acceptors (Lipinski definition) is 3.